The van der Waals surface area contributed by atoms with Gasteiger partial charge in [0.1, 0.15) is 11.5 Å². The van der Waals surface area contributed by atoms with E-state index in [9.17, 15) is 0 Å². The van der Waals surface area contributed by atoms with Crippen molar-refractivity contribution in [3.05, 3.63) is 23.2 Å². The lowest BCUT2D eigenvalue weighted by Gasteiger charge is -2.29. The van der Waals surface area contributed by atoms with Gasteiger partial charge in [0.2, 0.25) is 0 Å². The molecule has 18 heavy (non-hydrogen) atoms. The third kappa shape index (κ3) is 3.37. The summed E-state index contributed by atoms with van der Waals surface area (Å²) in [6.45, 7) is 12.6. The molecule has 0 saturated heterocycles. The van der Waals surface area contributed by atoms with Crippen LogP contribution in [0.3, 0.4) is 0 Å². The molecule has 1 aliphatic rings. The molecule has 0 radical (unpaired) electrons. The van der Waals surface area contributed by atoms with E-state index in [4.69, 9.17) is 9.62 Å². The van der Waals surface area contributed by atoms with Crippen LogP contribution < -0.4 is 0 Å². The van der Waals surface area contributed by atoms with Gasteiger partial charge in [0.15, 0.2) is 0 Å². The summed E-state index contributed by atoms with van der Waals surface area (Å²) < 4.78 is 5.54. The van der Waals surface area contributed by atoms with Crippen LogP contribution in [0.25, 0.3) is 0 Å². The molecule has 0 aromatic carbocycles. The van der Waals surface area contributed by atoms with Gasteiger partial charge >= 0.3 is 0 Å². The van der Waals surface area contributed by atoms with Crippen molar-refractivity contribution in [3.63, 3.8) is 0 Å². The first-order valence-electron chi connectivity index (χ1n) is 6.60. The third-order valence-corrected chi connectivity index (χ3v) is 2.91. The first kappa shape index (κ1) is 14.8. The Kier molecular flexibility index (Phi) is 4.60. The lowest BCUT2D eigenvalue weighted by Crippen LogP contribution is -2.30. The Hall–Kier alpha value is -1.25. The maximum atomic E-state index is 9.03. The number of oxime groups is 1. The Labute approximate surface area is 110 Å². The number of aryl methyl sites for hydroxylation is 2. The molecule has 102 valence electrons. The lowest BCUT2D eigenvalue weighted by atomic mass is 9.75. The van der Waals surface area contributed by atoms with Gasteiger partial charge in [-0.05, 0) is 25.3 Å². The van der Waals surface area contributed by atoms with Crippen molar-refractivity contribution in [1.82, 2.24) is 0 Å². The van der Waals surface area contributed by atoms with Gasteiger partial charge in [0, 0.05) is 17.4 Å². The topological polar surface area (TPSA) is 45.7 Å². The molecule has 2 rings (SSSR count). The van der Waals surface area contributed by atoms with E-state index in [1.807, 2.05) is 13.0 Å². The Morgan fingerprint density at radius 1 is 1.33 bits per heavy atom. The highest BCUT2D eigenvalue weighted by Crippen LogP contribution is 2.36. The SMILES string of the molecule is CC(C)C.Cc1cc2c(o1)CCC(C)(C)/C2=N/O. The zero-order valence-corrected chi connectivity index (χ0v) is 12.4. The first-order chi connectivity index (χ1) is 8.27. The summed E-state index contributed by atoms with van der Waals surface area (Å²) in [4.78, 5) is 0. The van der Waals surface area contributed by atoms with Crippen LogP contribution in [0.1, 0.15) is 58.1 Å². The minimum absolute atomic E-state index is 0.0575. The predicted molar refractivity (Wildman–Crippen MR) is 74.4 cm³/mol. The van der Waals surface area contributed by atoms with E-state index in [-0.39, 0.29) is 5.41 Å². The minimum Gasteiger partial charge on any atom is -0.466 e. The van der Waals surface area contributed by atoms with Crippen LogP contribution in [0.15, 0.2) is 15.6 Å². The number of hydrogen-bond acceptors (Lipinski definition) is 3. The quantitative estimate of drug-likeness (QED) is 0.548. The maximum Gasteiger partial charge on any atom is 0.113 e. The van der Waals surface area contributed by atoms with Crippen molar-refractivity contribution in [1.29, 1.82) is 0 Å². The number of rotatable bonds is 0. The molecule has 1 N–H and O–H groups in total. The average molecular weight is 251 g/mol. The standard InChI is InChI=1S/C11H15NO2.C4H10/c1-7-6-8-9(14-7)4-5-11(2,3)10(8)12-13;1-4(2)3/h6,13H,4-5H2,1-3H3;4H,1-3H3/b12-10+;. The van der Waals surface area contributed by atoms with Crippen LogP contribution in [-0.4, -0.2) is 10.9 Å². The van der Waals surface area contributed by atoms with Crippen molar-refractivity contribution < 1.29 is 9.62 Å². The summed E-state index contributed by atoms with van der Waals surface area (Å²) in [5.74, 6) is 2.67. The fourth-order valence-electron chi connectivity index (χ4n) is 2.05. The van der Waals surface area contributed by atoms with Crippen molar-refractivity contribution in [2.75, 3.05) is 0 Å². The fraction of sp³-hybridized carbons (Fsp3) is 0.667. The van der Waals surface area contributed by atoms with Gasteiger partial charge in [-0.25, -0.2) is 0 Å². The molecular weight excluding hydrogens is 226 g/mol. The second-order valence-corrected chi connectivity index (χ2v) is 6.26. The molecular formula is C15H25NO2. The Morgan fingerprint density at radius 3 is 2.39 bits per heavy atom. The largest absolute Gasteiger partial charge is 0.466 e. The Morgan fingerprint density at radius 2 is 1.89 bits per heavy atom. The lowest BCUT2D eigenvalue weighted by molar-refractivity contribution is 0.303. The zero-order valence-electron chi connectivity index (χ0n) is 12.4. The maximum absolute atomic E-state index is 9.03. The fourth-order valence-corrected chi connectivity index (χ4v) is 2.05. The highest BCUT2D eigenvalue weighted by Gasteiger charge is 2.34. The van der Waals surface area contributed by atoms with Gasteiger partial charge in [-0.1, -0.05) is 39.8 Å². The second-order valence-electron chi connectivity index (χ2n) is 6.26. The summed E-state index contributed by atoms with van der Waals surface area (Å²) in [6, 6.07) is 1.95. The molecule has 1 heterocycles. The van der Waals surface area contributed by atoms with E-state index in [0.717, 1.165) is 41.6 Å². The summed E-state index contributed by atoms with van der Waals surface area (Å²) >= 11 is 0. The average Bonchev–Trinajstić information content (AvgIpc) is 2.56. The third-order valence-electron chi connectivity index (χ3n) is 2.91. The van der Waals surface area contributed by atoms with E-state index in [2.05, 4.69) is 39.8 Å². The van der Waals surface area contributed by atoms with Crippen LogP contribution in [0.2, 0.25) is 0 Å². The van der Waals surface area contributed by atoms with Crippen LogP contribution in [-0.2, 0) is 6.42 Å². The van der Waals surface area contributed by atoms with Gasteiger partial charge in [0.25, 0.3) is 0 Å². The van der Waals surface area contributed by atoms with Crippen molar-refractivity contribution in [2.45, 2.75) is 54.4 Å². The molecule has 0 unspecified atom stereocenters. The van der Waals surface area contributed by atoms with Crippen molar-refractivity contribution in [3.8, 4) is 0 Å². The van der Waals surface area contributed by atoms with Crippen LogP contribution in [0, 0.1) is 18.3 Å². The second kappa shape index (κ2) is 5.59. The minimum atomic E-state index is -0.0575. The van der Waals surface area contributed by atoms with E-state index in [1.165, 1.54) is 0 Å². The first-order valence-corrected chi connectivity index (χ1v) is 6.60. The Bertz CT molecular complexity index is 425. The molecule has 3 nitrogen and oxygen atoms in total. The smallest absolute Gasteiger partial charge is 0.113 e. The molecule has 3 heteroatoms. The monoisotopic (exact) mass is 251 g/mol. The summed E-state index contributed by atoms with van der Waals surface area (Å²) in [7, 11) is 0. The number of fused-ring (bicyclic) bond motifs is 1. The highest BCUT2D eigenvalue weighted by molar-refractivity contribution is 6.05. The van der Waals surface area contributed by atoms with Gasteiger partial charge < -0.3 is 9.62 Å². The van der Waals surface area contributed by atoms with Crippen LogP contribution in [0.4, 0.5) is 0 Å². The number of hydrogen-bond donors (Lipinski definition) is 1. The molecule has 0 aliphatic heterocycles. The molecule has 0 fully saturated rings. The molecule has 0 bridgehead atoms. The molecule has 0 amide bonds. The summed E-state index contributed by atoms with van der Waals surface area (Å²) in [5, 5.41) is 12.4. The molecule has 0 saturated carbocycles. The number of nitrogens with zero attached hydrogens (tertiary/aromatic N) is 1. The molecule has 0 atom stereocenters. The van der Waals surface area contributed by atoms with Crippen LogP contribution >= 0.6 is 0 Å². The number of furan rings is 1. The normalized spacial score (nSPS) is 19.4. The van der Waals surface area contributed by atoms with E-state index in [0.29, 0.717) is 0 Å². The van der Waals surface area contributed by atoms with E-state index in [1.54, 1.807) is 0 Å². The highest BCUT2D eigenvalue weighted by atomic mass is 16.4. The van der Waals surface area contributed by atoms with Gasteiger partial charge in [-0.2, -0.15) is 0 Å². The summed E-state index contributed by atoms with van der Waals surface area (Å²) in [5.41, 5.74) is 1.66. The van der Waals surface area contributed by atoms with Crippen molar-refractivity contribution in [2.24, 2.45) is 16.5 Å². The van der Waals surface area contributed by atoms with E-state index >= 15 is 0 Å². The zero-order chi connectivity index (χ0) is 13.9. The predicted octanol–water partition coefficient (Wildman–Crippen LogP) is 4.40. The van der Waals surface area contributed by atoms with Crippen LogP contribution in [0.5, 0.6) is 0 Å². The molecule has 1 aromatic rings. The van der Waals surface area contributed by atoms with Gasteiger partial charge in [0.05, 0.1) is 5.71 Å². The molecule has 1 aliphatic carbocycles. The molecule has 1 aromatic heterocycles. The molecule has 0 spiro atoms. The Balaban J connectivity index is 0.000000357. The van der Waals surface area contributed by atoms with Gasteiger partial charge in [-0.3, -0.25) is 0 Å². The summed E-state index contributed by atoms with van der Waals surface area (Å²) in [6.07, 6.45) is 1.89. The van der Waals surface area contributed by atoms with Gasteiger partial charge in [-0.15, -0.1) is 0 Å². The van der Waals surface area contributed by atoms with E-state index < -0.39 is 0 Å². The van der Waals surface area contributed by atoms with Crippen molar-refractivity contribution >= 4 is 5.71 Å².